The molecular weight excluding hydrogens is 435 g/mol. The summed E-state index contributed by atoms with van der Waals surface area (Å²) in [4.78, 5) is 31.1. The van der Waals surface area contributed by atoms with Gasteiger partial charge in [0.05, 0.1) is 29.8 Å². The summed E-state index contributed by atoms with van der Waals surface area (Å²) in [5.74, 6) is -0.0930. The fourth-order valence-electron chi connectivity index (χ4n) is 6.08. The van der Waals surface area contributed by atoms with Crippen molar-refractivity contribution >= 4 is 11.8 Å². The number of carbonyl (C=O) groups excluding carboxylic acids is 2. The number of nitrogens with zero attached hydrogens (tertiary/aromatic N) is 4. The van der Waals surface area contributed by atoms with Crippen molar-refractivity contribution in [1.29, 1.82) is 5.26 Å². The fraction of sp³-hybridized carbons (Fsp3) is 0.609. The Kier molecular flexibility index (Phi) is 5.18. The molecule has 0 radical (unpaired) electrons. The molecule has 4 aliphatic rings. The van der Waals surface area contributed by atoms with Crippen LogP contribution < -0.4 is 5.73 Å². The van der Waals surface area contributed by atoms with Gasteiger partial charge in [0.1, 0.15) is 6.04 Å². The van der Waals surface area contributed by atoms with Crippen molar-refractivity contribution in [3.05, 3.63) is 35.4 Å². The highest BCUT2D eigenvalue weighted by atomic mass is 19.4. The summed E-state index contributed by atoms with van der Waals surface area (Å²) in [5, 5.41) is 9.34. The van der Waals surface area contributed by atoms with Gasteiger partial charge in [0, 0.05) is 25.2 Å². The predicted molar refractivity (Wildman–Crippen MR) is 111 cm³/mol. The van der Waals surface area contributed by atoms with Crippen LogP contribution in [0.25, 0.3) is 0 Å². The second-order valence-corrected chi connectivity index (χ2v) is 9.66. The monoisotopic (exact) mass is 461 g/mol. The van der Waals surface area contributed by atoms with Crippen molar-refractivity contribution in [1.82, 2.24) is 14.7 Å². The molecule has 7 nitrogen and oxygen atoms in total. The van der Waals surface area contributed by atoms with Crippen LogP contribution in [0.4, 0.5) is 13.2 Å². The van der Waals surface area contributed by atoms with Gasteiger partial charge >= 0.3 is 6.18 Å². The maximum absolute atomic E-state index is 13.5. The minimum atomic E-state index is -4.50. The van der Waals surface area contributed by atoms with Gasteiger partial charge in [-0.05, 0) is 43.7 Å². The minimum absolute atomic E-state index is 0.0832. The highest BCUT2D eigenvalue weighted by Gasteiger charge is 2.56. The number of carbonyl (C=O) groups is 2. The lowest BCUT2D eigenvalue weighted by Crippen LogP contribution is -2.57. The number of likely N-dealkylation sites (tertiary alicyclic amines) is 3. The normalized spacial score (nSPS) is 32.6. The molecule has 7 atom stereocenters. The van der Waals surface area contributed by atoms with E-state index in [0.717, 1.165) is 12.5 Å². The van der Waals surface area contributed by atoms with Gasteiger partial charge in [-0.15, -0.1) is 0 Å². The molecule has 0 aromatic heterocycles. The number of piperazine rings is 1. The van der Waals surface area contributed by atoms with Gasteiger partial charge in [-0.3, -0.25) is 14.5 Å². The highest BCUT2D eigenvalue weighted by molar-refractivity contribution is 5.87. The molecule has 4 fully saturated rings. The number of halogens is 3. The van der Waals surface area contributed by atoms with Crippen molar-refractivity contribution in [3.8, 4) is 6.07 Å². The van der Waals surface area contributed by atoms with Crippen LogP contribution in [0.1, 0.15) is 43.4 Å². The molecule has 2 N–H and O–H groups in total. The van der Waals surface area contributed by atoms with E-state index in [2.05, 4.69) is 6.07 Å². The van der Waals surface area contributed by atoms with Crippen LogP contribution in [-0.2, 0) is 15.8 Å². The SMILES string of the molecule is C[C@@H](c1ccccc1C(F)(F)F)N1C(=O)C2CC1CN2CC(N)C(=O)N1C(C#N)C[C@@H]2CC21. The molecule has 5 unspecified atom stereocenters. The van der Waals surface area contributed by atoms with Crippen molar-refractivity contribution < 1.29 is 22.8 Å². The molecule has 176 valence electrons. The molecule has 5 rings (SSSR count). The Hall–Kier alpha value is -2.64. The lowest BCUT2D eigenvalue weighted by atomic mass is 9.99. The second-order valence-electron chi connectivity index (χ2n) is 9.66. The number of rotatable bonds is 5. The van der Waals surface area contributed by atoms with Crippen molar-refractivity contribution in [3.63, 3.8) is 0 Å². The van der Waals surface area contributed by atoms with E-state index in [1.165, 1.54) is 12.1 Å². The molecule has 1 saturated carbocycles. The number of amides is 2. The van der Waals surface area contributed by atoms with E-state index in [4.69, 9.17) is 5.73 Å². The number of nitrogens with two attached hydrogens (primary N) is 1. The topological polar surface area (TPSA) is 93.7 Å². The minimum Gasteiger partial charge on any atom is -0.330 e. The van der Waals surface area contributed by atoms with Gasteiger partial charge in [-0.2, -0.15) is 18.4 Å². The number of alkyl halides is 3. The zero-order valence-corrected chi connectivity index (χ0v) is 18.2. The van der Waals surface area contributed by atoms with Crippen molar-refractivity contribution in [2.24, 2.45) is 11.7 Å². The molecule has 1 aliphatic carbocycles. The molecule has 3 saturated heterocycles. The van der Waals surface area contributed by atoms with Gasteiger partial charge in [0.2, 0.25) is 11.8 Å². The van der Waals surface area contributed by atoms with E-state index in [1.54, 1.807) is 22.8 Å². The van der Waals surface area contributed by atoms with Gasteiger partial charge in [-0.25, -0.2) is 0 Å². The summed E-state index contributed by atoms with van der Waals surface area (Å²) >= 11 is 0. The van der Waals surface area contributed by atoms with Crippen LogP contribution in [0.15, 0.2) is 24.3 Å². The number of fused-ring (bicyclic) bond motifs is 3. The third-order valence-electron chi connectivity index (χ3n) is 7.70. The summed E-state index contributed by atoms with van der Waals surface area (Å²) in [6.45, 7) is 2.28. The van der Waals surface area contributed by atoms with Gasteiger partial charge < -0.3 is 15.5 Å². The van der Waals surface area contributed by atoms with Crippen LogP contribution in [0, 0.1) is 17.2 Å². The van der Waals surface area contributed by atoms with Gasteiger partial charge in [0.15, 0.2) is 0 Å². The third-order valence-corrected chi connectivity index (χ3v) is 7.70. The Labute approximate surface area is 189 Å². The quantitative estimate of drug-likeness (QED) is 0.723. The number of nitriles is 1. The van der Waals surface area contributed by atoms with E-state index in [9.17, 15) is 28.0 Å². The molecule has 3 heterocycles. The first-order valence-corrected chi connectivity index (χ1v) is 11.3. The smallest absolute Gasteiger partial charge is 0.330 e. The average Bonchev–Trinajstić information content (AvgIpc) is 3.11. The first-order chi connectivity index (χ1) is 15.6. The summed E-state index contributed by atoms with van der Waals surface area (Å²) in [5.41, 5.74) is 5.57. The Morgan fingerprint density at radius 2 is 2.00 bits per heavy atom. The zero-order chi connectivity index (χ0) is 23.7. The van der Waals surface area contributed by atoms with Crippen LogP contribution in [0.5, 0.6) is 0 Å². The van der Waals surface area contributed by atoms with E-state index in [1.807, 2.05) is 4.90 Å². The summed E-state index contributed by atoms with van der Waals surface area (Å²) < 4.78 is 40.5. The third kappa shape index (κ3) is 3.58. The molecular formula is C23H26F3N5O2. The van der Waals surface area contributed by atoms with E-state index in [-0.39, 0.29) is 36.0 Å². The molecule has 2 amide bonds. The fourth-order valence-corrected chi connectivity index (χ4v) is 6.08. The second kappa shape index (κ2) is 7.71. The number of benzene rings is 1. The van der Waals surface area contributed by atoms with Crippen LogP contribution in [0.3, 0.4) is 0 Å². The maximum Gasteiger partial charge on any atom is 0.416 e. The van der Waals surface area contributed by atoms with E-state index < -0.39 is 35.9 Å². The Morgan fingerprint density at radius 3 is 2.67 bits per heavy atom. The average molecular weight is 461 g/mol. The van der Waals surface area contributed by atoms with E-state index in [0.29, 0.717) is 25.3 Å². The lowest BCUT2D eigenvalue weighted by Gasteiger charge is -2.39. The van der Waals surface area contributed by atoms with Crippen LogP contribution >= 0.6 is 0 Å². The Morgan fingerprint density at radius 1 is 1.27 bits per heavy atom. The standard InChI is InChI=1S/C23H26F3N5O2/c1-12(16-4-2-3-5-17(16)23(24,25)26)30-15-8-20(22(30)33)29(10-15)11-18(28)21(32)31-14(9-27)6-13-7-19(13)31/h2-5,12-15,18-20H,6-8,10-11,28H2,1H3/t12-,13+,14?,15?,18?,19?,20?/m0/s1. The molecule has 33 heavy (non-hydrogen) atoms. The first-order valence-electron chi connectivity index (χ1n) is 11.3. The molecule has 1 aromatic rings. The molecule has 2 bridgehead atoms. The van der Waals surface area contributed by atoms with Crippen LogP contribution in [-0.4, -0.2) is 69.8 Å². The summed E-state index contributed by atoms with van der Waals surface area (Å²) in [6, 6.07) is 4.93. The van der Waals surface area contributed by atoms with Crippen LogP contribution in [0.2, 0.25) is 0 Å². The van der Waals surface area contributed by atoms with Gasteiger partial charge in [-0.1, -0.05) is 18.2 Å². The largest absolute Gasteiger partial charge is 0.416 e. The lowest BCUT2D eigenvalue weighted by molar-refractivity contribution is -0.143. The summed E-state index contributed by atoms with van der Waals surface area (Å²) in [7, 11) is 0. The Bertz CT molecular complexity index is 1020. The number of hydrogen-bond acceptors (Lipinski definition) is 5. The Balaban J connectivity index is 1.26. The predicted octanol–water partition coefficient (Wildman–Crippen LogP) is 1.89. The maximum atomic E-state index is 13.5. The molecule has 1 aromatic carbocycles. The zero-order valence-electron chi connectivity index (χ0n) is 18.2. The summed E-state index contributed by atoms with van der Waals surface area (Å²) in [6.07, 6.45) is -2.38. The molecule has 10 heteroatoms. The molecule has 3 aliphatic heterocycles. The first kappa shape index (κ1) is 22.2. The number of piperidine rings is 1. The highest BCUT2D eigenvalue weighted by Crippen LogP contribution is 2.48. The van der Waals surface area contributed by atoms with Gasteiger partial charge in [0.25, 0.3) is 0 Å². The number of hydrogen-bond donors (Lipinski definition) is 1. The van der Waals surface area contributed by atoms with Crippen molar-refractivity contribution in [2.45, 2.75) is 68.6 Å². The molecule has 0 spiro atoms. The van der Waals surface area contributed by atoms with E-state index >= 15 is 0 Å². The van der Waals surface area contributed by atoms with Crippen molar-refractivity contribution in [2.75, 3.05) is 13.1 Å².